The highest BCUT2D eigenvalue weighted by Gasteiger charge is 2.33. The van der Waals surface area contributed by atoms with Gasteiger partial charge in [0.1, 0.15) is 0 Å². The third-order valence-electron chi connectivity index (χ3n) is 2.84. The summed E-state index contributed by atoms with van der Waals surface area (Å²) in [5.41, 5.74) is 5.25. The number of nitrogens with two attached hydrogens (primary N) is 1. The Morgan fingerprint density at radius 1 is 1.10 bits per heavy atom. The summed E-state index contributed by atoms with van der Waals surface area (Å²) in [4.78, 5) is 7.99. The number of nitrogens with one attached hydrogen (secondary N) is 1. The molecule has 4 nitrogen and oxygen atoms in total. The Balaban J connectivity index is 2.23. The number of hydrogen-bond donors (Lipinski definition) is 2. The van der Waals surface area contributed by atoms with E-state index in [-0.39, 0.29) is 11.4 Å². The van der Waals surface area contributed by atoms with Gasteiger partial charge >= 0.3 is 6.18 Å². The second-order valence-electron chi connectivity index (χ2n) is 4.41. The molecule has 0 radical (unpaired) electrons. The fourth-order valence-corrected chi connectivity index (χ4v) is 1.82. The van der Waals surface area contributed by atoms with Gasteiger partial charge < -0.3 is 11.1 Å². The standard InChI is InChI=1S/C14H15F3N4/c15-14(16,17)12-5-2-1-4-11(12)13-20-8-10(9-21-13)19-7-3-6-18/h1-2,4-5,8-9,19H,3,6-7,18H2. The first kappa shape index (κ1) is 15.2. The van der Waals surface area contributed by atoms with Crippen molar-refractivity contribution >= 4 is 5.69 Å². The molecule has 0 bridgehead atoms. The fraction of sp³-hybridized carbons (Fsp3) is 0.286. The fourth-order valence-electron chi connectivity index (χ4n) is 1.82. The molecule has 112 valence electrons. The normalized spacial score (nSPS) is 11.4. The van der Waals surface area contributed by atoms with Gasteiger partial charge in [0.2, 0.25) is 0 Å². The lowest BCUT2D eigenvalue weighted by Gasteiger charge is -2.12. The van der Waals surface area contributed by atoms with Crippen LogP contribution in [0, 0.1) is 0 Å². The van der Waals surface area contributed by atoms with E-state index in [1.165, 1.54) is 30.6 Å². The molecule has 0 aliphatic rings. The van der Waals surface area contributed by atoms with Crippen molar-refractivity contribution in [2.24, 2.45) is 5.73 Å². The van der Waals surface area contributed by atoms with Crippen molar-refractivity contribution in [3.63, 3.8) is 0 Å². The van der Waals surface area contributed by atoms with Gasteiger partial charge in [0.25, 0.3) is 0 Å². The van der Waals surface area contributed by atoms with E-state index in [1.54, 1.807) is 0 Å². The Hall–Kier alpha value is -2.15. The van der Waals surface area contributed by atoms with Crippen LogP contribution >= 0.6 is 0 Å². The first-order chi connectivity index (χ1) is 10.0. The number of hydrogen-bond acceptors (Lipinski definition) is 4. The molecule has 0 aliphatic heterocycles. The summed E-state index contributed by atoms with van der Waals surface area (Å²) in [6.45, 7) is 1.23. The summed E-state index contributed by atoms with van der Waals surface area (Å²) in [6, 6.07) is 5.25. The lowest BCUT2D eigenvalue weighted by Crippen LogP contribution is -2.10. The first-order valence-corrected chi connectivity index (χ1v) is 6.45. The van der Waals surface area contributed by atoms with Crippen molar-refractivity contribution in [3.05, 3.63) is 42.2 Å². The average Bonchev–Trinajstić information content (AvgIpc) is 2.47. The molecule has 21 heavy (non-hydrogen) atoms. The highest BCUT2D eigenvalue weighted by atomic mass is 19.4. The van der Waals surface area contributed by atoms with Crippen LogP contribution in [0.2, 0.25) is 0 Å². The molecule has 0 amide bonds. The van der Waals surface area contributed by atoms with E-state index in [1.807, 2.05) is 0 Å². The Morgan fingerprint density at radius 2 is 1.76 bits per heavy atom. The molecule has 0 unspecified atom stereocenters. The number of aromatic nitrogens is 2. The smallest absolute Gasteiger partial charge is 0.383 e. The van der Waals surface area contributed by atoms with Gasteiger partial charge in [-0.25, -0.2) is 9.97 Å². The van der Waals surface area contributed by atoms with Crippen LogP contribution in [0.25, 0.3) is 11.4 Å². The summed E-state index contributed by atoms with van der Waals surface area (Å²) in [7, 11) is 0. The summed E-state index contributed by atoms with van der Waals surface area (Å²) in [5.74, 6) is 0.0484. The van der Waals surface area contributed by atoms with Gasteiger partial charge in [0.05, 0.1) is 23.6 Å². The topological polar surface area (TPSA) is 63.8 Å². The summed E-state index contributed by atoms with van der Waals surface area (Å²) in [5, 5.41) is 3.04. The van der Waals surface area contributed by atoms with Crippen LogP contribution in [0.3, 0.4) is 0 Å². The van der Waals surface area contributed by atoms with E-state index in [0.717, 1.165) is 12.5 Å². The zero-order valence-electron chi connectivity index (χ0n) is 11.2. The molecule has 1 aromatic carbocycles. The third-order valence-corrected chi connectivity index (χ3v) is 2.84. The molecule has 0 saturated carbocycles. The van der Waals surface area contributed by atoms with E-state index in [4.69, 9.17) is 5.73 Å². The van der Waals surface area contributed by atoms with Crippen molar-refractivity contribution in [1.29, 1.82) is 0 Å². The molecule has 2 rings (SSSR count). The largest absolute Gasteiger partial charge is 0.417 e. The van der Waals surface area contributed by atoms with Gasteiger partial charge in [-0.05, 0) is 19.0 Å². The van der Waals surface area contributed by atoms with E-state index in [2.05, 4.69) is 15.3 Å². The number of alkyl halides is 3. The molecule has 0 atom stereocenters. The van der Waals surface area contributed by atoms with Crippen LogP contribution in [-0.4, -0.2) is 23.1 Å². The minimum absolute atomic E-state index is 0.0292. The van der Waals surface area contributed by atoms with Crippen LogP contribution in [0.4, 0.5) is 18.9 Å². The Morgan fingerprint density at radius 3 is 2.38 bits per heavy atom. The predicted octanol–water partition coefficient (Wildman–Crippen LogP) is 2.92. The van der Waals surface area contributed by atoms with E-state index in [9.17, 15) is 13.2 Å². The molecule has 3 N–H and O–H groups in total. The van der Waals surface area contributed by atoms with E-state index >= 15 is 0 Å². The Labute approximate surface area is 120 Å². The molecule has 1 heterocycles. The number of anilines is 1. The SMILES string of the molecule is NCCCNc1cnc(-c2ccccc2C(F)(F)F)nc1. The van der Waals surface area contributed by atoms with E-state index in [0.29, 0.717) is 18.8 Å². The number of nitrogens with zero attached hydrogens (tertiary/aromatic N) is 2. The molecule has 0 saturated heterocycles. The van der Waals surface area contributed by atoms with Crippen LogP contribution < -0.4 is 11.1 Å². The Bertz CT molecular complexity index is 582. The van der Waals surface area contributed by atoms with Crippen LogP contribution in [0.5, 0.6) is 0 Å². The van der Waals surface area contributed by atoms with Crippen LogP contribution in [-0.2, 0) is 6.18 Å². The molecule has 2 aromatic rings. The monoisotopic (exact) mass is 296 g/mol. The maximum atomic E-state index is 12.9. The number of benzene rings is 1. The second kappa shape index (κ2) is 6.53. The number of rotatable bonds is 5. The lowest BCUT2D eigenvalue weighted by atomic mass is 10.1. The zero-order chi connectivity index (χ0) is 15.3. The quantitative estimate of drug-likeness (QED) is 0.833. The highest BCUT2D eigenvalue weighted by Crippen LogP contribution is 2.35. The molecule has 7 heteroatoms. The average molecular weight is 296 g/mol. The highest BCUT2D eigenvalue weighted by molar-refractivity contribution is 5.61. The second-order valence-corrected chi connectivity index (χ2v) is 4.41. The van der Waals surface area contributed by atoms with Crippen molar-refractivity contribution in [1.82, 2.24) is 9.97 Å². The third kappa shape index (κ3) is 3.91. The van der Waals surface area contributed by atoms with Gasteiger partial charge in [-0.3, -0.25) is 0 Å². The van der Waals surface area contributed by atoms with Crippen molar-refractivity contribution in [3.8, 4) is 11.4 Å². The van der Waals surface area contributed by atoms with Crippen molar-refractivity contribution < 1.29 is 13.2 Å². The van der Waals surface area contributed by atoms with Gasteiger partial charge in [-0.1, -0.05) is 18.2 Å². The van der Waals surface area contributed by atoms with Gasteiger partial charge in [-0.2, -0.15) is 13.2 Å². The van der Waals surface area contributed by atoms with Gasteiger partial charge in [0.15, 0.2) is 5.82 Å². The molecule has 1 aromatic heterocycles. The molecular formula is C14H15F3N4. The Kier molecular flexibility index (Phi) is 4.74. The minimum Gasteiger partial charge on any atom is -0.383 e. The maximum absolute atomic E-state index is 12.9. The predicted molar refractivity (Wildman–Crippen MR) is 74.6 cm³/mol. The molecule has 0 aliphatic carbocycles. The van der Waals surface area contributed by atoms with Crippen molar-refractivity contribution in [2.75, 3.05) is 18.4 Å². The summed E-state index contributed by atoms with van der Waals surface area (Å²) >= 11 is 0. The summed E-state index contributed by atoms with van der Waals surface area (Å²) < 4.78 is 38.8. The first-order valence-electron chi connectivity index (χ1n) is 6.45. The molecule has 0 fully saturated rings. The van der Waals surface area contributed by atoms with Crippen molar-refractivity contribution in [2.45, 2.75) is 12.6 Å². The molecular weight excluding hydrogens is 281 g/mol. The molecule has 0 spiro atoms. The van der Waals surface area contributed by atoms with E-state index < -0.39 is 11.7 Å². The van der Waals surface area contributed by atoms with Gasteiger partial charge in [0, 0.05) is 12.1 Å². The van der Waals surface area contributed by atoms with Crippen LogP contribution in [0.15, 0.2) is 36.7 Å². The van der Waals surface area contributed by atoms with Crippen LogP contribution in [0.1, 0.15) is 12.0 Å². The maximum Gasteiger partial charge on any atom is 0.417 e. The zero-order valence-corrected chi connectivity index (χ0v) is 11.2. The number of halogens is 3. The van der Waals surface area contributed by atoms with Gasteiger partial charge in [-0.15, -0.1) is 0 Å². The summed E-state index contributed by atoms with van der Waals surface area (Å²) in [6.07, 6.45) is -0.714. The minimum atomic E-state index is -4.43. The lowest BCUT2D eigenvalue weighted by molar-refractivity contribution is -0.137.